The summed E-state index contributed by atoms with van der Waals surface area (Å²) in [7, 11) is 0. The number of hydrogen-bond donors (Lipinski definition) is 1. The zero-order valence-corrected chi connectivity index (χ0v) is 12.6. The molecule has 0 unspecified atom stereocenters. The molecule has 1 aromatic carbocycles. The average Bonchev–Trinajstić information content (AvgIpc) is 3.31. The lowest BCUT2D eigenvalue weighted by molar-refractivity contribution is 0.102. The molecule has 2 aliphatic rings. The molecule has 2 aliphatic heterocycles. The first kappa shape index (κ1) is 13.0. The van der Waals surface area contributed by atoms with Gasteiger partial charge in [-0.1, -0.05) is 18.2 Å². The Morgan fingerprint density at radius 1 is 1.13 bits per heavy atom. The first-order chi connectivity index (χ1) is 11.4. The number of fused-ring (bicyclic) bond motifs is 3. The fourth-order valence-electron chi connectivity index (χ4n) is 3.68. The highest BCUT2D eigenvalue weighted by Crippen LogP contribution is 2.36. The molecule has 0 radical (unpaired) electrons. The van der Waals surface area contributed by atoms with E-state index in [4.69, 9.17) is 4.74 Å². The molecule has 2 aromatic heterocycles. The Labute approximate surface area is 133 Å². The zero-order chi connectivity index (χ0) is 15.2. The van der Waals surface area contributed by atoms with Gasteiger partial charge in [-0.25, -0.2) is 14.6 Å². The van der Waals surface area contributed by atoms with Crippen LogP contribution in [0.4, 0.5) is 5.82 Å². The molecule has 23 heavy (non-hydrogen) atoms. The van der Waals surface area contributed by atoms with Crippen molar-refractivity contribution in [3.63, 3.8) is 0 Å². The average molecular weight is 307 g/mol. The summed E-state index contributed by atoms with van der Waals surface area (Å²) in [6.07, 6.45) is 7.55. The number of para-hydroxylation sites is 1. The van der Waals surface area contributed by atoms with Gasteiger partial charge in [0.15, 0.2) is 5.65 Å². The number of ether oxygens (including phenoxy) is 1. The maximum Gasteiger partial charge on any atom is 0.168 e. The van der Waals surface area contributed by atoms with Gasteiger partial charge in [-0.3, -0.25) is 0 Å². The molecular weight excluding hydrogens is 290 g/mol. The van der Waals surface area contributed by atoms with E-state index in [0.29, 0.717) is 18.2 Å². The monoisotopic (exact) mass is 307 g/mol. The van der Waals surface area contributed by atoms with E-state index in [1.807, 2.05) is 41.2 Å². The number of nitrogens with zero attached hydrogens (tertiary/aromatic N) is 4. The van der Waals surface area contributed by atoms with Crippen LogP contribution in [0.25, 0.3) is 16.7 Å². The Balaban J connectivity index is 1.52. The van der Waals surface area contributed by atoms with Crippen molar-refractivity contribution in [3.05, 3.63) is 42.9 Å². The molecule has 0 aliphatic carbocycles. The van der Waals surface area contributed by atoms with Gasteiger partial charge in [0.25, 0.3) is 0 Å². The maximum atomic E-state index is 5.92. The second-order valence-electron chi connectivity index (χ2n) is 6.21. The van der Waals surface area contributed by atoms with Gasteiger partial charge >= 0.3 is 0 Å². The zero-order valence-electron chi connectivity index (χ0n) is 12.6. The molecule has 2 bridgehead atoms. The lowest BCUT2D eigenvalue weighted by Crippen LogP contribution is -2.30. The van der Waals surface area contributed by atoms with Crippen molar-refractivity contribution in [2.24, 2.45) is 0 Å². The standard InChI is InChI=1S/C17H17N5O/c1-2-4-11(5-3-1)22-17-13(9-20-22)16(18-10-19-17)21-14-8-12-6-7-15(14)23-12/h1-5,9-10,12,14-15H,6-8H2,(H,18,19,21)/t12-,14-,15-/m1/s1. The maximum absolute atomic E-state index is 5.92. The summed E-state index contributed by atoms with van der Waals surface area (Å²) in [6.45, 7) is 0. The van der Waals surface area contributed by atoms with Gasteiger partial charge in [0, 0.05) is 0 Å². The number of benzene rings is 1. The normalized spacial score (nSPS) is 26.0. The fraction of sp³-hybridized carbons (Fsp3) is 0.353. The van der Waals surface area contributed by atoms with Gasteiger partial charge in [-0.15, -0.1) is 0 Å². The van der Waals surface area contributed by atoms with E-state index in [1.165, 1.54) is 6.42 Å². The molecule has 0 saturated carbocycles. The van der Waals surface area contributed by atoms with Crippen LogP contribution in [-0.2, 0) is 4.74 Å². The largest absolute Gasteiger partial charge is 0.373 e. The molecule has 3 aromatic rings. The quantitative estimate of drug-likeness (QED) is 0.805. The topological polar surface area (TPSA) is 64.9 Å². The van der Waals surface area contributed by atoms with E-state index >= 15 is 0 Å². The molecule has 116 valence electrons. The molecule has 2 saturated heterocycles. The summed E-state index contributed by atoms with van der Waals surface area (Å²) in [4.78, 5) is 8.85. The van der Waals surface area contributed by atoms with Crippen molar-refractivity contribution in [1.29, 1.82) is 0 Å². The highest BCUT2D eigenvalue weighted by Gasteiger charge is 2.41. The number of aromatic nitrogens is 4. The molecule has 5 rings (SSSR count). The van der Waals surface area contributed by atoms with Gasteiger partial charge in [0.1, 0.15) is 12.1 Å². The lowest BCUT2D eigenvalue weighted by atomic mass is 9.95. The molecule has 4 heterocycles. The molecular formula is C17H17N5O. The molecule has 2 fully saturated rings. The summed E-state index contributed by atoms with van der Waals surface area (Å²) >= 11 is 0. The van der Waals surface area contributed by atoms with Crippen LogP contribution in [0, 0.1) is 0 Å². The van der Waals surface area contributed by atoms with Crippen LogP contribution in [0.3, 0.4) is 0 Å². The Morgan fingerprint density at radius 3 is 2.83 bits per heavy atom. The molecule has 6 heteroatoms. The van der Waals surface area contributed by atoms with Crippen molar-refractivity contribution in [2.75, 3.05) is 5.32 Å². The van der Waals surface area contributed by atoms with E-state index < -0.39 is 0 Å². The van der Waals surface area contributed by atoms with E-state index in [-0.39, 0.29) is 0 Å². The van der Waals surface area contributed by atoms with Crippen LogP contribution in [0.15, 0.2) is 42.9 Å². The third-order valence-electron chi connectivity index (χ3n) is 4.79. The Kier molecular flexibility index (Phi) is 2.84. The molecule has 6 nitrogen and oxygen atoms in total. The number of nitrogens with one attached hydrogen (secondary N) is 1. The predicted octanol–water partition coefficient (Wildman–Crippen LogP) is 2.55. The van der Waals surface area contributed by atoms with Crippen LogP contribution in [0.1, 0.15) is 19.3 Å². The van der Waals surface area contributed by atoms with Crippen LogP contribution in [0.2, 0.25) is 0 Å². The molecule has 3 atom stereocenters. The highest BCUT2D eigenvalue weighted by atomic mass is 16.5. The van der Waals surface area contributed by atoms with Gasteiger partial charge in [0.05, 0.1) is 35.5 Å². The number of hydrogen-bond acceptors (Lipinski definition) is 5. The number of rotatable bonds is 3. The minimum absolute atomic E-state index is 0.314. The van der Waals surface area contributed by atoms with Gasteiger partial charge in [0.2, 0.25) is 0 Å². The third kappa shape index (κ3) is 2.09. The van der Waals surface area contributed by atoms with Gasteiger partial charge in [-0.05, 0) is 31.4 Å². The fourth-order valence-corrected chi connectivity index (χ4v) is 3.68. The van der Waals surface area contributed by atoms with Crippen molar-refractivity contribution >= 4 is 16.9 Å². The smallest absolute Gasteiger partial charge is 0.168 e. The Bertz CT molecular complexity index is 847. The SMILES string of the molecule is c1ccc(-n2ncc3c(N[C@@H]4C[C@H]5CC[C@H]4O5)ncnc32)cc1. The second-order valence-corrected chi connectivity index (χ2v) is 6.21. The van der Waals surface area contributed by atoms with Gasteiger partial charge < -0.3 is 10.1 Å². The number of anilines is 1. The van der Waals surface area contributed by atoms with E-state index in [9.17, 15) is 0 Å². The molecule has 0 spiro atoms. The first-order valence-electron chi connectivity index (χ1n) is 8.04. The van der Waals surface area contributed by atoms with Crippen LogP contribution in [0.5, 0.6) is 0 Å². The van der Waals surface area contributed by atoms with Crippen LogP contribution in [-0.4, -0.2) is 38.0 Å². The summed E-state index contributed by atoms with van der Waals surface area (Å²) in [5.74, 6) is 0.846. The minimum atomic E-state index is 0.314. The van der Waals surface area contributed by atoms with Crippen molar-refractivity contribution < 1.29 is 4.74 Å². The van der Waals surface area contributed by atoms with Crippen LogP contribution < -0.4 is 5.32 Å². The summed E-state index contributed by atoms with van der Waals surface area (Å²) in [5, 5.41) is 8.99. The summed E-state index contributed by atoms with van der Waals surface area (Å²) in [5.41, 5.74) is 1.81. The molecule has 0 amide bonds. The Hall–Kier alpha value is -2.47. The van der Waals surface area contributed by atoms with E-state index in [1.54, 1.807) is 6.33 Å². The highest BCUT2D eigenvalue weighted by molar-refractivity contribution is 5.87. The van der Waals surface area contributed by atoms with E-state index in [2.05, 4.69) is 20.4 Å². The van der Waals surface area contributed by atoms with E-state index in [0.717, 1.165) is 35.4 Å². The van der Waals surface area contributed by atoms with Crippen molar-refractivity contribution in [2.45, 2.75) is 37.5 Å². The van der Waals surface area contributed by atoms with Gasteiger partial charge in [-0.2, -0.15) is 5.10 Å². The third-order valence-corrected chi connectivity index (χ3v) is 4.79. The Morgan fingerprint density at radius 2 is 2.04 bits per heavy atom. The summed E-state index contributed by atoms with van der Waals surface area (Å²) in [6, 6.07) is 10.4. The van der Waals surface area contributed by atoms with Crippen molar-refractivity contribution in [1.82, 2.24) is 19.7 Å². The first-order valence-corrected chi connectivity index (χ1v) is 8.04. The van der Waals surface area contributed by atoms with Crippen molar-refractivity contribution in [3.8, 4) is 5.69 Å². The lowest BCUT2D eigenvalue weighted by Gasteiger charge is -2.20. The summed E-state index contributed by atoms with van der Waals surface area (Å²) < 4.78 is 7.76. The van der Waals surface area contributed by atoms with Crippen LogP contribution >= 0.6 is 0 Å². The predicted molar refractivity (Wildman–Crippen MR) is 86.6 cm³/mol. The molecule has 1 N–H and O–H groups in total. The second kappa shape index (κ2) is 5.03. The minimum Gasteiger partial charge on any atom is -0.373 e.